The number of alkyl halides is 3. The van der Waals surface area contributed by atoms with Crippen LogP contribution in [0.2, 0.25) is 5.02 Å². The Labute approximate surface area is 160 Å². The maximum atomic E-state index is 13.2. The molecule has 2 heterocycles. The Morgan fingerprint density at radius 1 is 0.963 bits per heavy atom. The summed E-state index contributed by atoms with van der Waals surface area (Å²) in [4.78, 5) is 4.42. The van der Waals surface area contributed by atoms with Crippen LogP contribution in [0.1, 0.15) is 16.7 Å². The van der Waals surface area contributed by atoms with Crippen molar-refractivity contribution in [3.63, 3.8) is 0 Å². The average Bonchev–Trinajstić information content (AvgIpc) is 2.77. The van der Waals surface area contributed by atoms with Crippen LogP contribution in [0.4, 0.5) is 13.2 Å². The highest BCUT2D eigenvalue weighted by atomic mass is 35.5. The molecular weight excluding hydrogens is 377 g/mol. The van der Waals surface area contributed by atoms with Gasteiger partial charge < -0.3 is 14.5 Å². The second-order valence-electron chi connectivity index (χ2n) is 6.81. The predicted molar refractivity (Wildman–Crippen MR) is 99.9 cm³/mol. The second-order valence-corrected chi connectivity index (χ2v) is 7.25. The Bertz CT molecular complexity index is 903. The minimum atomic E-state index is -4.43. The van der Waals surface area contributed by atoms with Crippen molar-refractivity contribution in [3.8, 4) is 11.5 Å². The molecule has 2 aromatic rings. The van der Waals surface area contributed by atoms with Crippen LogP contribution in [-0.2, 0) is 6.18 Å². The summed E-state index contributed by atoms with van der Waals surface area (Å²) in [6.07, 6.45) is -2.46. The van der Waals surface area contributed by atoms with Crippen LogP contribution in [0.3, 0.4) is 0 Å². The third kappa shape index (κ3) is 3.64. The van der Waals surface area contributed by atoms with E-state index in [-0.39, 0.29) is 5.75 Å². The van der Waals surface area contributed by atoms with Crippen molar-refractivity contribution in [3.05, 3.63) is 58.1 Å². The van der Waals surface area contributed by atoms with Crippen LogP contribution in [0.25, 0.3) is 11.8 Å². The number of halogens is 4. The largest absolute Gasteiger partial charge is 0.456 e. The number of piperazine rings is 1. The zero-order valence-electron chi connectivity index (χ0n) is 14.7. The third-order valence-corrected chi connectivity index (χ3v) is 5.15. The van der Waals surface area contributed by atoms with E-state index in [1.165, 1.54) is 6.07 Å². The molecule has 0 N–H and O–H groups in total. The van der Waals surface area contributed by atoms with Gasteiger partial charge in [-0.05, 0) is 43.5 Å². The number of hydrogen-bond donors (Lipinski definition) is 0. The lowest BCUT2D eigenvalue weighted by molar-refractivity contribution is -0.137. The van der Waals surface area contributed by atoms with E-state index in [1.807, 2.05) is 12.1 Å². The van der Waals surface area contributed by atoms with Gasteiger partial charge in [0.1, 0.15) is 11.5 Å². The van der Waals surface area contributed by atoms with E-state index in [1.54, 1.807) is 12.1 Å². The number of benzene rings is 2. The smallest absolute Gasteiger partial charge is 0.416 e. The predicted octanol–water partition coefficient (Wildman–Crippen LogP) is 5.21. The summed E-state index contributed by atoms with van der Waals surface area (Å²) in [5.74, 6) is 0.642. The average molecular weight is 395 g/mol. The first-order chi connectivity index (χ1) is 12.8. The van der Waals surface area contributed by atoms with E-state index in [4.69, 9.17) is 16.3 Å². The van der Waals surface area contributed by atoms with E-state index in [0.29, 0.717) is 16.3 Å². The van der Waals surface area contributed by atoms with Crippen molar-refractivity contribution in [1.82, 2.24) is 9.80 Å². The quantitative estimate of drug-likeness (QED) is 0.660. The van der Waals surface area contributed by atoms with Crippen LogP contribution in [0.5, 0.6) is 11.5 Å². The molecule has 0 spiro atoms. The molecule has 2 aliphatic rings. The molecule has 0 saturated carbocycles. The molecule has 1 saturated heterocycles. The number of fused-ring (bicyclic) bond motifs is 2. The number of hydrogen-bond acceptors (Lipinski definition) is 3. The molecule has 4 rings (SSSR count). The van der Waals surface area contributed by atoms with E-state index >= 15 is 0 Å². The second kappa shape index (κ2) is 6.77. The van der Waals surface area contributed by atoms with Crippen molar-refractivity contribution in [1.29, 1.82) is 0 Å². The highest BCUT2D eigenvalue weighted by Gasteiger charge is 2.33. The van der Waals surface area contributed by atoms with Gasteiger partial charge in [0.25, 0.3) is 0 Å². The van der Waals surface area contributed by atoms with Gasteiger partial charge in [-0.2, -0.15) is 13.2 Å². The standard InChI is InChI=1S/C20H18ClF3N2O/c1-25-6-8-26(9-7-25)17-10-13-2-4-15(21)12-18(13)27-19-11-14(20(22,23)24)3-5-16(17)19/h2-5,10-12H,6-9H2,1H3. The monoisotopic (exact) mass is 394 g/mol. The summed E-state index contributed by atoms with van der Waals surface area (Å²) in [5.41, 5.74) is 1.58. The van der Waals surface area contributed by atoms with Gasteiger partial charge in [0.15, 0.2) is 0 Å². The van der Waals surface area contributed by atoms with Gasteiger partial charge in [-0.3, -0.25) is 0 Å². The van der Waals surface area contributed by atoms with E-state index < -0.39 is 11.7 Å². The molecule has 1 fully saturated rings. The van der Waals surface area contributed by atoms with Crippen LogP contribution < -0.4 is 4.74 Å². The van der Waals surface area contributed by atoms with Gasteiger partial charge in [0.2, 0.25) is 0 Å². The maximum Gasteiger partial charge on any atom is 0.416 e. The Kier molecular flexibility index (Phi) is 4.56. The molecule has 2 aliphatic heterocycles. The Balaban J connectivity index is 1.85. The van der Waals surface area contributed by atoms with Crippen molar-refractivity contribution < 1.29 is 17.9 Å². The van der Waals surface area contributed by atoms with Crippen LogP contribution in [-0.4, -0.2) is 43.0 Å². The van der Waals surface area contributed by atoms with E-state index in [0.717, 1.165) is 49.6 Å². The lowest BCUT2D eigenvalue weighted by Gasteiger charge is -2.35. The van der Waals surface area contributed by atoms with Crippen molar-refractivity contribution in [2.24, 2.45) is 0 Å². The number of nitrogens with zero attached hydrogens (tertiary/aromatic N) is 2. The third-order valence-electron chi connectivity index (χ3n) is 4.92. The number of ether oxygens (including phenoxy) is 1. The summed E-state index contributed by atoms with van der Waals surface area (Å²) in [6.45, 7) is 3.38. The molecule has 7 heteroatoms. The summed E-state index contributed by atoms with van der Waals surface area (Å²) in [7, 11) is 2.06. The molecule has 0 atom stereocenters. The van der Waals surface area contributed by atoms with Crippen LogP contribution in [0.15, 0.2) is 36.4 Å². The van der Waals surface area contributed by atoms with Gasteiger partial charge in [0, 0.05) is 54.1 Å². The molecule has 2 aromatic carbocycles. The van der Waals surface area contributed by atoms with Gasteiger partial charge in [0.05, 0.1) is 5.56 Å². The topological polar surface area (TPSA) is 15.7 Å². The summed E-state index contributed by atoms with van der Waals surface area (Å²) in [5, 5.41) is 0.471. The first-order valence-corrected chi connectivity index (χ1v) is 9.03. The van der Waals surface area contributed by atoms with Gasteiger partial charge in [-0.1, -0.05) is 11.6 Å². The molecule has 0 bridgehead atoms. The molecule has 0 amide bonds. The molecule has 142 valence electrons. The van der Waals surface area contributed by atoms with E-state index in [2.05, 4.69) is 16.8 Å². The zero-order valence-corrected chi connectivity index (χ0v) is 15.4. The van der Waals surface area contributed by atoms with E-state index in [9.17, 15) is 13.2 Å². The van der Waals surface area contributed by atoms with Gasteiger partial charge in [-0.15, -0.1) is 0 Å². The fraction of sp³-hybridized carbons (Fsp3) is 0.300. The molecule has 3 nitrogen and oxygen atoms in total. The molecular formula is C20H18ClF3N2O. The molecule has 0 unspecified atom stereocenters. The van der Waals surface area contributed by atoms with Gasteiger partial charge in [-0.25, -0.2) is 0 Å². The van der Waals surface area contributed by atoms with Crippen molar-refractivity contribution in [2.75, 3.05) is 33.2 Å². The van der Waals surface area contributed by atoms with Gasteiger partial charge >= 0.3 is 6.18 Å². The maximum absolute atomic E-state index is 13.2. The first kappa shape index (κ1) is 18.2. The normalized spacial score (nSPS) is 17.5. The molecule has 0 aromatic heterocycles. The Morgan fingerprint density at radius 3 is 2.41 bits per heavy atom. The van der Waals surface area contributed by atoms with Crippen LogP contribution >= 0.6 is 11.6 Å². The highest BCUT2D eigenvalue weighted by molar-refractivity contribution is 6.30. The lowest BCUT2D eigenvalue weighted by Crippen LogP contribution is -2.43. The summed E-state index contributed by atoms with van der Waals surface area (Å²) >= 11 is 6.07. The molecule has 27 heavy (non-hydrogen) atoms. The van der Waals surface area contributed by atoms with Crippen molar-refractivity contribution >= 4 is 23.4 Å². The number of rotatable bonds is 1. The minimum Gasteiger partial charge on any atom is -0.456 e. The highest BCUT2D eigenvalue weighted by Crippen LogP contribution is 2.43. The minimum absolute atomic E-state index is 0.191. The Hall–Kier alpha value is -2.18. The lowest BCUT2D eigenvalue weighted by atomic mass is 10.0. The van der Waals surface area contributed by atoms with Crippen LogP contribution in [0, 0.1) is 0 Å². The summed E-state index contributed by atoms with van der Waals surface area (Å²) < 4.78 is 45.5. The fourth-order valence-electron chi connectivity index (χ4n) is 3.36. The van der Waals surface area contributed by atoms with Crippen molar-refractivity contribution in [2.45, 2.75) is 6.18 Å². The first-order valence-electron chi connectivity index (χ1n) is 8.65. The number of likely N-dealkylation sites (N-methyl/N-ethyl adjacent to an activating group) is 1. The molecule has 0 radical (unpaired) electrons. The zero-order chi connectivity index (χ0) is 19.2. The SMILES string of the molecule is CN1CCN(C2=Cc3ccc(Cl)cc3Oc3cc(C(F)(F)F)ccc32)CC1. The molecule has 0 aliphatic carbocycles. The fourth-order valence-corrected chi connectivity index (χ4v) is 3.53. The Morgan fingerprint density at radius 2 is 1.70 bits per heavy atom. The summed E-state index contributed by atoms with van der Waals surface area (Å²) in [6, 6.07) is 8.87.